The topological polar surface area (TPSA) is 71.8 Å². The molecule has 148 valence electrons. The van der Waals surface area contributed by atoms with Crippen LogP contribution in [0.4, 0.5) is 11.4 Å². The van der Waals surface area contributed by atoms with Crippen molar-refractivity contribution in [3.8, 4) is 5.75 Å². The molecule has 3 aromatic rings. The van der Waals surface area contributed by atoms with Crippen LogP contribution in [0.25, 0.3) is 0 Å². The maximum atomic E-state index is 12.8. The lowest BCUT2D eigenvalue weighted by molar-refractivity contribution is -0.118. The van der Waals surface area contributed by atoms with Gasteiger partial charge >= 0.3 is 0 Å². The first-order valence-corrected chi connectivity index (χ1v) is 9.58. The minimum atomic E-state index is -0.257. The molecule has 2 amide bonds. The Morgan fingerprint density at radius 2 is 2.00 bits per heavy atom. The summed E-state index contributed by atoms with van der Waals surface area (Å²) in [6.45, 7) is 2.46. The summed E-state index contributed by atoms with van der Waals surface area (Å²) in [5.74, 6) is 0.553. The quantitative estimate of drug-likeness (QED) is 0.709. The second kappa shape index (κ2) is 8.22. The van der Waals surface area contributed by atoms with E-state index in [2.05, 4.69) is 5.32 Å². The number of amides is 2. The van der Waals surface area contributed by atoms with E-state index in [9.17, 15) is 9.59 Å². The van der Waals surface area contributed by atoms with Crippen molar-refractivity contribution in [2.75, 3.05) is 23.4 Å². The van der Waals surface area contributed by atoms with E-state index in [4.69, 9.17) is 9.15 Å². The lowest BCUT2D eigenvalue weighted by Crippen LogP contribution is -2.35. The van der Waals surface area contributed by atoms with E-state index in [0.717, 1.165) is 29.7 Å². The lowest BCUT2D eigenvalue weighted by Gasteiger charge is -2.29. The third-order valence-electron chi connectivity index (χ3n) is 4.92. The summed E-state index contributed by atoms with van der Waals surface area (Å²) in [5, 5.41) is 2.85. The van der Waals surface area contributed by atoms with Gasteiger partial charge in [-0.15, -0.1) is 0 Å². The van der Waals surface area contributed by atoms with Crippen molar-refractivity contribution >= 4 is 23.2 Å². The molecule has 0 saturated carbocycles. The molecule has 0 aliphatic carbocycles. The molecule has 0 saturated heterocycles. The third kappa shape index (κ3) is 4.16. The number of fused-ring (bicyclic) bond motifs is 1. The molecule has 0 bridgehead atoms. The van der Waals surface area contributed by atoms with E-state index in [0.29, 0.717) is 23.7 Å². The molecule has 0 fully saturated rings. The third-order valence-corrected chi connectivity index (χ3v) is 4.92. The second-order valence-electron chi connectivity index (χ2n) is 6.98. The molecule has 1 aliphatic rings. The predicted molar refractivity (Wildman–Crippen MR) is 110 cm³/mol. The molecule has 0 atom stereocenters. The maximum absolute atomic E-state index is 12.8. The zero-order valence-electron chi connectivity index (χ0n) is 16.2. The first-order chi connectivity index (χ1) is 14.1. The number of nitrogens with one attached hydrogen (secondary N) is 1. The van der Waals surface area contributed by atoms with Crippen LogP contribution in [0.1, 0.15) is 28.1 Å². The van der Waals surface area contributed by atoms with Crippen LogP contribution in [0, 0.1) is 6.92 Å². The van der Waals surface area contributed by atoms with Gasteiger partial charge in [0.15, 0.2) is 12.4 Å². The Kier molecular flexibility index (Phi) is 5.33. The Balaban J connectivity index is 1.47. The van der Waals surface area contributed by atoms with E-state index in [1.165, 1.54) is 6.26 Å². The zero-order valence-corrected chi connectivity index (χ0v) is 16.2. The molecular weight excluding hydrogens is 368 g/mol. The summed E-state index contributed by atoms with van der Waals surface area (Å²) in [5.41, 5.74) is 3.48. The SMILES string of the molecule is Cc1ccccc1OCC(=O)Nc1ccc2c(c1)N(C(=O)c1ccco1)CCC2. The minimum absolute atomic E-state index is 0.0863. The summed E-state index contributed by atoms with van der Waals surface area (Å²) in [6.07, 6.45) is 3.26. The fraction of sp³-hybridized carbons (Fsp3) is 0.217. The second-order valence-corrected chi connectivity index (χ2v) is 6.98. The number of para-hydroxylation sites is 1. The highest BCUT2D eigenvalue weighted by Crippen LogP contribution is 2.31. The number of rotatable bonds is 5. The number of hydrogen-bond donors (Lipinski definition) is 1. The number of aryl methyl sites for hydroxylation is 2. The summed E-state index contributed by atoms with van der Waals surface area (Å²) in [7, 11) is 0. The molecule has 2 aromatic carbocycles. The van der Waals surface area contributed by atoms with E-state index in [-0.39, 0.29) is 18.4 Å². The number of ether oxygens (including phenoxy) is 1. The molecule has 1 aromatic heterocycles. The van der Waals surface area contributed by atoms with Crippen molar-refractivity contribution in [2.45, 2.75) is 19.8 Å². The van der Waals surface area contributed by atoms with Crippen LogP contribution < -0.4 is 15.0 Å². The van der Waals surface area contributed by atoms with Crippen molar-refractivity contribution in [2.24, 2.45) is 0 Å². The molecule has 1 aliphatic heterocycles. The van der Waals surface area contributed by atoms with Crippen LogP contribution in [0.2, 0.25) is 0 Å². The van der Waals surface area contributed by atoms with Crippen LogP contribution in [0.5, 0.6) is 5.75 Å². The maximum Gasteiger partial charge on any atom is 0.293 e. The van der Waals surface area contributed by atoms with Gasteiger partial charge in [0.1, 0.15) is 5.75 Å². The molecule has 2 heterocycles. The van der Waals surface area contributed by atoms with E-state index in [1.807, 2.05) is 49.4 Å². The Bertz CT molecular complexity index is 1030. The Morgan fingerprint density at radius 1 is 1.14 bits per heavy atom. The molecule has 0 spiro atoms. The van der Waals surface area contributed by atoms with Crippen LogP contribution in [-0.4, -0.2) is 25.0 Å². The number of nitrogens with zero attached hydrogens (tertiary/aromatic N) is 1. The van der Waals surface area contributed by atoms with Gasteiger partial charge < -0.3 is 19.4 Å². The van der Waals surface area contributed by atoms with Gasteiger partial charge in [-0.3, -0.25) is 9.59 Å². The van der Waals surface area contributed by atoms with Gasteiger partial charge in [0.05, 0.1) is 6.26 Å². The van der Waals surface area contributed by atoms with E-state index >= 15 is 0 Å². The van der Waals surface area contributed by atoms with Crippen LogP contribution in [0.15, 0.2) is 65.3 Å². The smallest absolute Gasteiger partial charge is 0.293 e. The van der Waals surface area contributed by atoms with Gasteiger partial charge in [0.25, 0.3) is 11.8 Å². The fourth-order valence-corrected chi connectivity index (χ4v) is 3.46. The Hall–Kier alpha value is -3.54. The molecular formula is C23H22N2O4. The first-order valence-electron chi connectivity index (χ1n) is 9.58. The number of hydrogen-bond acceptors (Lipinski definition) is 4. The van der Waals surface area contributed by atoms with Crippen LogP contribution >= 0.6 is 0 Å². The highest BCUT2D eigenvalue weighted by Gasteiger charge is 2.25. The zero-order chi connectivity index (χ0) is 20.2. The number of benzene rings is 2. The molecule has 29 heavy (non-hydrogen) atoms. The van der Waals surface area contributed by atoms with E-state index < -0.39 is 0 Å². The molecule has 1 N–H and O–H groups in total. The predicted octanol–water partition coefficient (Wildman–Crippen LogP) is 4.20. The largest absolute Gasteiger partial charge is 0.483 e. The highest BCUT2D eigenvalue weighted by atomic mass is 16.5. The van der Waals surface area contributed by atoms with Gasteiger partial charge in [-0.25, -0.2) is 0 Å². The van der Waals surface area contributed by atoms with Gasteiger partial charge in [0.2, 0.25) is 0 Å². The monoisotopic (exact) mass is 390 g/mol. The first kappa shape index (κ1) is 18.8. The van der Waals surface area contributed by atoms with Gasteiger partial charge in [-0.2, -0.15) is 0 Å². The number of anilines is 2. The number of carbonyl (C=O) groups excluding carboxylic acids is 2. The average Bonchev–Trinajstić information content (AvgIpc) is 3.27. The molecule has 6 heteroatoms. The number of furan rings is 1. The summed E-state index contributed by atoms with van der Waals surface area (Å²) < 4.78 is 10.9. The lowest BCUT2D eigenvalue weighted by atomic mass is 10.0. The Labute approximate surface area is 169 Å². The number of carbonyl (C=O) groups is 2. The summed E-state index contributed by atoms with van der Waals surface area (Å²) in [4.78, 5) is 26.8. The van der Waals surface area contributed by atoms with Crippen molar-refractivity contribution < 1.29 is 18.7 Å². The van der Waals surface area contributed by atoms with Gasteiger partial charge in [-0.1, -0.05) is 24.3 Å². The standard InChI is InChI=1S/C23H22N2O4/c1-16-6-2-3-8-20(16)29-15-22(26)24-18-11-10-17-7-4-12-25(19(17)14-18)23(27)21-9-5-13-28-21/h2-3,5-6,8-11,13-14H,4,7,12,15H2,1H3,(H,24,26). The van der Waals surface area contributed by atoms with E-state index in [1.54, 1.807) is 17.0 Å². The minimum Gasteiger partial charge on any atom is -0.483 e. The van der Waals surface area contributed by atoms with Crippen LogP contribution in [-0.2, 0) is 11.2 Å². The van der Waals surface area contributed by atoms with Gasteiger partial charge in [0, 0.05) is 17.9 Å². The molecule has 0 unspecified atom stereocenters. The van der Waals surface area contributed by atoms with Crippen LogP contribution in [0.3, 0.4) is 0 Å². The average molecular weight is 390 g/mol. The van der Waals surface area contributed by atoms with Crippen molar-refractivity contribution in [1.29, 1.82) is 0 Å². The molecule has 4 rings (SSSR count). The Morgan fingerprint density at radius 3 is 2.79 bits per heavy atom. The van der Waals surface area contributed by atoms with Crippen molar-refractivity contribution in [3.63, 3.8) is 0 Å². The van der Waals surface area contributed by atoms with Gasteiger partial charge in [-0.05, 0) is 61.2 Å². The molecule has 0 radical (unpaired) electrons. The summed E-state index contributed by atoms with van der Waals surface area (Å²) in [6, 6.07) is 16.6. The normalized spacial score (nSPS) is 12.9. The fourth-order valence-electron chi connectivity index (χ4n) is 3.46. The molecule has 6 nitrogen and oxygen atoms in total. The highest BCUT2D eigenvalue weighted by molar-refractivity contribution is 6.05. The summed E-state index contributed by atoms with van der Waals surface area (Å²) >= 11 is 0. The van der Waals surface area contributed by atoms with Crippen molar-refractivity contribution in [3.05, 3.63) is 77.7 Å². The van der Waals surface area contributed by atoms with Crippen molar-refractivity contribution in [1.82, 2.24) is 0 Å².